The summed E-state index contributed by atoms with van der Waals surface area (Å²) in [7, 11) is 0. The number of hydrogen-bond donors (Lipinski definition) is 1. The molecular weight excluding hydrogens is 318 g/mol. The molecule has 0 aliphatic carbocycles. The molecule has 1 aromatic carbocycles. The van der Waals surface area contributed by atoms with Gasteiger partial charge in [0.25, 0.3) is 11.1 Å². The lowest BCUT2D eigenvalue weighted by atomic mass is 10.2. The molecule has 1 fully saturated rings. The molecule has 2 amide bonds. The molecule has 112 valence electrons. The molecule has 1 aliphatic rings. The van der Waals surface area contributed by atoms with Crippen molar-refractivity contribution in [2.24, 2.45) is 0 Å². The Morgan fingerprint density at radius 1 is 1.14 bits per heavy atom. The van der Waals surface area contributed by atoms with Crippen molar-refractivity contribution in [3.8, 4) is 5.75 Å². The predicted octanol–water partition coefficient (Wildman–Crippen LogP) is 3.69. The zero-order chi connectivity index (χ0) is 15.4. The van der Waals surface area contributed by atoms with Crippen molar-refractivity contribution >= 4 is 40.3 Å². The maximum Gasteiger partial charge on any atom is 0.290 e. The van der Waals surface area contributed by atoms with Crippen LogP contribution in [0.2, 0.25) is 0 Å². The van der Waals surface area contributed by atoms with E-state index >= 15 is 0 Å². The Balaban J connectivity index is 1.57. The van der Waals surface area contributed by atoms with E-state index in [1.54, 1.807) is 17.4 Å². The second-order valence-corrected chi connectivity index (χ2v) is 6.45. The number of amides is 2. The van der Waals surface area contributed by atoms with Crippen molar-refractivity contribution in [2.45, 2.75) is 6.42 Å². The summed E-state index contributed by atoms with van der Waals surface area (Å²) in [6, 6.07) is 9.54. The monoisotopic (exact) mass is 331 g/mol. The largest absolute Gasteiger partial charge is 0.493 e. The molecule has 4 nitrogen and oxygen atoms in total. The first-order valence-corrected chi connectivity index (χ1v) is 8.45. The highest BCUT2D eigenvalue weighted by molar-refractivity contribution is 8.18. The van der Waals surface area contributed by atoms with Gasteiger partial charge in [0.1, 0.15) is 5.75 Å². The molecular formula is C16H13NO3S2. The molecule has 6 heteroatoms. The molecule has 1 saturated heterocycles. The highest BCUT2D eigenvalue weighted by Crippen LogP contribution is 2.26. The number of nitrogens with one attached hydrogen (secondary N) is 1. The van der Waals surface area contributed by atoms with E-state index in [-0.39, 0.29) is 11.1 Å². The third-order valence-electron chi connectivity index (χ3n) is 3.06. The fourth-order valence-corrected chi connectivity index (χ4v) is 3.34. The summed E-state index contributed by atoms with van der Waals surface area (Å²) in [4.78, 5) is 23.0. The molecule has 0 bridgehead atoms. The summed E-state index contributed by atoms with van der Waals surface area (Å²) >= 11 is 2.60. The molecule has 22 heavy (non-hydrogen) atoms. The van der Waals surface area contributed by atoms with Crippen molar-refractivity contribution in [1.82, 2.24) is 5.32 Å². The van der Waals surface area contributed by atoms with Gasteiger partial charge in [0.05, 0.1) is 11.5 Å². The van der Waals surface area contributed by atoms with E-state index in [1.807, 2.05) is 24.3 Å². The fourth-order valence-electron chi connectivity index (χ4n) is 1.95. The Labute approximate surface area is 136 Å². The Morgan fingerprint density at radius 3 is 2.59 bits per heavy atom. The first-order chi connectivity index (χ1) is 10.7. The lowest BCUT2D eigenvalue weighted by Crippen LogP contribution is -2.17. The molecule has 0 unspecified atom stereocenters. The molecule has 3 rings (SSSR count). The van der Waals surface area contributed by atoms with Crippen LogP contribution < -0.4 is 10.1 Å². The van der Waals surface area contributed by atoms with E-state index in [1.165, 1.54) is 5.56 Å². The third-order valence-corrected chi connectivity index (χ3v) is 4.60. The number of ether oxygens (including phenoxy) is 1. The summed E-state index contributed by atoms with van der Waals surface area (Å²) < 4.78 is 5.69. The molecule has 1 aromatic heterocycles. The van der Waals surface area contributed by atoms with E-state index in [0.29, 0.717) is 11.5 Å². The average Bonchev–Trinajstić information content (AvgIpc) is 3.11. The molecule has 2 aromatic rings. The van der Waals surface area contributed by atoms with Crippen LogP contribution in [0.3, 0.4) is 0 Å². The number of thiophene rings is 1. The van der Waals surface area contributed by atoms with Crippen LogP contribution in [-0.2, 0) is 11.2 Å². The number of imide groups is 1. The van der Waals surface area contributed by atoms with Gasteiger partial charge in [-0.05, 0) is 57.9 Å². The van der Waals surface area contributed by atoms with Crippen molar-refractivity contribution in [1.29, 1.82) is 0 Å². The molecule has 0 saturated carbocycles. The molecule has 0 spiro atoms. The van der Waals surface area contributed by atoms with Gasteiger partial charge in [-0.3, -0.25) is 14.9 Å². The Bertz CT molecular complexity index is 706. The Morgan fingerprint density at radius 2 is 1.95 bits per heavy atom. The number of carbonyl (C=O) groups is 2. The highest BCUT2D eigenvalue weighted by atomic mass is 32.2. The van der Waals surface area contributed by atoms with Crippen LogP contribution in [0.4, 0.5) is 4.79 Å². The SMILES string of the molecule is O=C1NC(=O)C(=Cc2ccc(OCCc3ccsc3)cc2)S1. The van der Waals surface area contributed by atoms with E-state index in [2.05, 4.69) is 22.1 Å². The van der Waals surface area contributed by atoms with Crippen LogP contribution in [0.5, 0.6) is 5.75 Å². The second-order valence-electron chi connectivity index (χ2n) is 4.65. The third kappa shape index (κ3) is 3.78. The minimum Gasteiger partial charge on any atom is -0.493 e. The fraction of sp³-hybridized carbons (Fsp3) is 0.125. The van der Waals surface area contributed by atoms with Crippen molar-refractivity contribution in [3.05, 3.63) is 57.1 Å². The van der Waals surface area contributed by atoms with Gasteiger partial charge in [0, 0.05) is 6.42 Å². The van der Waals surface area contributed by atoms with E-state index in [9.17, 15) is 9.59 Å². The van der Waals surface area contributed by atoms with E-state index in [4.69, 9.17) is 4.74 Å². The lowest BCUT2D eigenvalue weighted by molar-refractivity contribution is -0.115. The van der Waals surface area contributed by atoms with Gasteiger partial charge in [-0.15, -0.1) is 0 Å². The molecule has 1 N–H and O–H groups in total. The standard InChI is InChI=1S/C16H13NO3S2/c18-15-14(22-16(19)17-15)9-11-1-3-13(4-2-11)20-7-5-12-6-8-21-10-12/h1-4,6,8-10H,5,7H2,(H,17,18,19). The van der Waals surface area contributed by atoms with Gasteiger partial charge in [0.15, 0.2) is 0 Å². The first kappa shape index (κ1) is 14.9. The normalized spacial score (nSPS) is 16.1. The summed E-state index contributed by atoms with van der Waals surface area (Å²) in [6.07, 6.45) is 2.58. The minimum atomic E-state index is -0.342. The van der Waals surface area contributed by atoms with Crippen LogP contribution in [-0.4, -0.2) is 17.8 Å². The molecule has 0 radical (unpaired) electrons. The summed E-state index contributed by atoms with van der Waals surface area (Å²) in [6.45, 7) is 0.629. The zero-order valence-electron chi connectivity index (χ0n) is 11.6. The average molecular weight is 331 g/mol. The first-order valence-electron chi connectivity index (χ1n) is 6.69. The topological polar surface area (TPSA) is 55.4 Å². The lowest BCUT2D eigenvalue weighted by Gasteiger charge is -2.05. The summed E-state index contributed by atoms with van der Waals surface area (Å²) in [5.41, 5.74) is 2.14. The Kier molecular flexibility index (Phi) is 4.60. The van der Waals surface area contributed by atoms with Gasteiger partial charge in [-0.2, -0.15) is 11.3 Å². The van der Waals surface area contributed by atoms with Gasteiger partial charge in [0.2, 0.25) is 0 Å². The van der Waals surface area contributed by atoms with Crippen LogP contribution in [0.1, 0.15) is 11.1 Å². The number of hydrogen-bond acceptors (Lipinski definition) is 5. The van der Waals surface area contributed by atoms with Crippen LogP contribution >= 0.6 is 23.1 Å². The molecule has 1 aliphatic heterocycles. The smallest absolute Gasteiger partial charge is 0.290 e. The van der Waals surface area contributed by atoms with Crippen LogP contribution in [0.25, 0.3) is 6.08 Å². The Hall–Kier alpha value is -2.05. The van der Waals surface area contributed by atoms with Crippen molar-refractivity contribution in [2.75, 3.05) is 6.61 Å². The van der Waals surface area contributed by atoms with E-state index in [0.717, 1.165) is 29.5 Å². The highest BCUT2D eigenvalue weighted by Gasteiger charge is 2.24. The molecule has 0 atom stereocenters. The van der Waals surface area contributed by atoms with Gasteiger partial charge < -0.3 is 4.74 Å². The van der Waals surface area contributed by atoms with Gasteiger partial charge in [-0.1, -0.05) is 12.1 Å². The maximum absolute atomic E-state index is 11.5. The number of benzene rings is 1. The van der Waals surface area contributed by atoms with Crippen LogP contribution in [0.15, 0.2) is 46.0 Å². The molecule has 2 heterocycles. The summed E-state index contributed by atoms with van der Waals surface area (Å²) in [5, 5.41) is 6.07. The van der Waals surface area contributed by atoms with Crippen LogP contribution in [0, 0.1) is 0 Å². The number of carbonyl (C=O) groups excluding carboxylic acids is 2. The second kappa shape index (κ2) is 6.81. The zero-order valence-corrected chi connectivity index (χ0v) is 13.2. The summed E-state index contributed by atoms with van der Waals surface area (Å²) in [5.74, 6) is 0.447. The van der Waals surface area contributed by atoms with Gasteiger partial charge in [-0.25, -0.2) is 0 Å². The van der Waals surface area contributed by atoms with Gasteiger partial charge >= 0.3 is 0 Å². The number of rotatable bonds is 5. The number of thioether (sulfide) groups is 1. The predicted molar refractivity (Wildman–Crippen MR) is 89.1 cm³/mol. The van der Waals surface area contributed by atoms with Crippen molar-refractivity contribution in [3.63, 3.8) is 0 Å². The quantitative estimate of drug-likeness (QED) is 0.849. The minimum absolute atomic E-state index is 0.329. The van der Waals surface area contributed by atoms with E-state index < -0.39 is 0 Å². The maximum atomic E-state index is 11.5. The van der Waals surface area contributed by atoms with Crippen molar-refractivity contribution < 1.29 is 14.3 Å².